The number of hydrogen-bond donors (Lipinski definition) is 2. The summed E-state index contributed by atoms with van der Waals surface area (Å²) in [5, 5.41) is 2.85. The molecule has 0 saturated carbocycles. The smallest absolute Gasteiger partial charge is 0.321 e. The van der Waals surface area contributed by atoms with Crippen LogP contribution < -0.4 is 11.1 Å². The van der Waals surface area contributed by atoms with E-state index in [4.69, 9.17) is 5.73 Å². The zero-order valence-electron chi connectivity index (χ0n) is 10.0. The molecule has 0 aliphatic rings. The summed E-state index contributed by atoms with van der Waals surface area (Å²) in [5.74, 6) is 0. The van der Waals surface area contributed by atoms with Crippen LogP contribution in [-0.4, -0.2) is 24.5 Å². The number of anilines is 1. The maximum absolute atomic E-state index is 11.7. The van der Waals surface area contributed by atoms with Crippen molar-refractivity contribution in [2.24, 2.45) is 5.73 Å². The van der Waals surface area contributed by atoms with E-state index < -0.39 is 0 Å². The van der Waals surface area contributed by atoms with Crippen molar-refractivity contribution in [3.8, 4) is 0 Å². The lowest BCUT2D eigenvalue weighted by molar-refractivity contribution is 0.224. The Kier molecular flexibility index (Phi) is 4.31. The average Bonchev–Trinajstić information content (AvgIpc) is 2.28. The molecular formula is C12H19N3O. The Morgan fingerprint density at radius 1 is 1.50 bits per heavy atom. The molecule has 0 radical (unpaired) electrons. The predicted molar refractivity (Wildman–Crippen MR) is 66.4 cm³/mol. The number of hydrogen-bond acceptors (Lipinski definition) is 2. The quantitative estimate of drug-likeness (QED) is 0.822. The Morgan fingerprint density at radius 2 is 2.12 bits per heavy atom. The molecule has 1 atom stereocenters. The highest BCUT2D eigenvalue weighted by molar-refractivity contribution is 5.90. The van der Waals surface area contributed by atoms with Crippen molar-refractivity contribution in [1.82, 2.24) is 4.90 Å². The number of para-hydroxylation sites is 1. The second-order valence-corrected chi connectivity index (χ2v) is 3.82. The summed E-state index contributed by atoms with van der Waals surface area (Å²) < 4.78 is 0. The molecule has 1 unspecified atom stereocenters. The van der Waals surface area contributed by atoms with Crippen molar-refractivity contribution in [2.75, 3.05) is 18.9 Å². The summed E-state index contributed by atoms with van der Waals surface area (Å²) in [6.07, 6.45) is 0. The highest BCUT2D eigenvalue weighted by atomic mass is 16.2. The largest absolute Gasteiger partial charge is 0.328 e. The van der Waals surface area contributed by atoms with Crippen LogP contribution in [0.1, 0.15) is 25.5 Å². The monoisotopic (exact) mass is 221 g/mol. The van der Waals surface area contributed by atoms with E-state index in [1.54, 1.807) is 11.9 Å². The van der Waals surface area contributed by atoms with Crippen LogP contribution in [0, 0.1) is 0 Å². The van der Waals surface area contributed by atoms with E-state index in [1.807, 2.05) is 38.1 Å². The van der Waals surface area contributed by atoms with Crippen LogP contribution in [0.4, 0.5) is 10.5 Å². The van der Waals surface area contributed by atoms with Gasteiger partial charge in [-0.25, -0.2) is 4.79 Å². The summed E-state index contributed by atoms with van der Waals surface area (Å²) in [6.45, 7) is 4.50. The molecular weight excluding hydrogens is 202 g/mol. The minimum absolute atomic E-state index is 0.0940. The number of carbonyl (C=O) groups excluding carboxylic acids is 1. The number of nitrogens with one attached hydrogen (secondary N) is 1. The first kappa shape index (κ1) is 12.5. The van der Waals surface area contributed by atoms with Crippen molar-refractivity contribution >= 4 is 11.7 Å². The molecule has 0 spiro atoms. The SMILES string of the molecule is CCN(C)C(=O)Nc1ccccc1C(C)N. The maximum atomic E-state index is 11.7. The van der Waals surface area contributed by atoms with Gasteiger partial charge in [0.25, 0.3) is 0 Å². The summed E-state index contributed by atoms with van der Waals surface area (Å²) in [6, 6.07) is 7.37. The van der Waals surface area contributed by atoms with Gasteiger partial charge in [0.2, 0.25) is 0 Å². The van der Waals surface area contributed by atoms with Gasteiger partial charge in [-0.3, -0.25) is 0 Å². The van der Waals surface area contributed by atoms with Gasteiger partial charge in [-0.2, -0.15) is 0 Å². The number of carbonyl (C=O) groups is 1. The topological polar surface area (TPSA) is 58.4 Å². The van der Waals surface area contributed by atoms with Gasteiger partial charge in [0.15, 0.2) is 0 Å². The summed E-state index contributed by atoms with van der Waals surface area (Å²) >= 11 is 0. The number of amides is 2. The molecule has 16 heavy (non-hydrogen) atoms. The second-order valence-electron chi connectivity index (χ2n) is 3.82. The third-order valence-corrected chi connectivity index (χ3v) is 2.51. The van der Waals surface area contributed by atoms with E-state index in [0.717, 1.165) is 11.3 Å². The Balaban J connectivity index is 2.84. The van der Waals surface area contributed by atoms with Crippen molar-refractivity contribution in [1.29, 1.82) is 0 Å². The third kappa shape index (κ3) is 2.97. The first-order valence-electron chi connectivity index (χ1n) is 5.42. The fourth-order valence-corrected chi connectivity index (χ4v) is 1.36. The molecule has 0 aromatic heterocycles. The first-order chi connectivity index (χ1) is 7.56. The third-order valence-electron chi connectivity index (χ3n) is 2.51. The predicted octanol–water partition coefficient (Wildman–Crippen LogP) is 2.19. The summed E-state index contributed by atoms with van der Waals surface area (Å²) in [5.41, 5.74) is 7.56. The van der Waals surface area contributed by atoms with Gasteiger partial charge < -0.3 is 16.0 Å². The zero-order chi connectivity index (χ0) is 12.1. The molecule has 1 rings (SSSR count). The van der Waals surface area contributed by atoms with Crippen molar-refractivity contribution < 1.29 is 4.79 Å². The summed E-state index contributed by atoms with van der Waals surface area (Å²) in [7, 11) is 1.75. The van der Waals surface area contributed by atoms with Crippen LogP contribution >= 0.6 is 0 Å². The highest BCUT2D eigenvalue weighted by Crippen LogP contribution is 2.20. The Morgan fingerprint density at radius 3 is 2.69 bits per heavy atom. The van der Waals surface area contributed by atoms with E-state index >= 15 is 0 Å². The normalized spacial score (nSPS) is 12.0. The number of rotatable bonds is 3. The number of nitrogens with zero attached hydrogens (tertiary/aromatic N) is 1. The Labute approximate surface area is 96.4 Å². The molecule has 1 aromatic rings. The fraction of sp³-hybridized carbons (Fsp3) is 0.417. The van der Waals surface area contributed by atoms with Crippen LogP contribution in [0.15, 0.2) is 24.3 Å². The van der Waals surface area contributed by atoms with E-state index in [2.05, 4.69) is 5.32 Å². The summed E-state index contributed by atoms with van der Waals surface area (Å²) in [4.78, 5) is 13.3. The molecule has 0 bridgehead atoms. The van der Waals surface area contributed by atoms with Gasteiger partial charge in [-0.1, -0.05) is 18.2 Å². The molecule has 0 fully saturated rings. The number of urea groups is 1. The minimum atomic E-state index is -0.115. The molecule has 0 aliphatic carbocycles. The first-order valence-corrected chi connectivity index (χ1v) is 5.42. The molecule has 3 N–H and O–H groups in total. The lowest BCUT2D eigenvalue weighted by Crippen LogP contribution is -2.31. The molecule has 1 aromatic carbocycles. The molecule has 0 heterocycles. The van der Waals surface area contributed by atoms with Crippen molar-refractivity contribution in [3.63, 3.8) is 0 Å². The Bertz CT molecular complexity index is 363. The average molecular weight is 221 g/mol. The molecule has 88 valence electrons. The Hall–Kier alpha value is -1.55. The fourth-order valence-electron chi connectivity index (χ4n) is 1.36. The zero-order valence-corrected chi connectivity index (χ0v) is 10.0. The minimum Gasteiger partial charge on any atom is -0.328 e. The standard InChI is InChI=1S/C12H19N3O/c1-4-15(3)12(16)14-11-8-6-5-7-10(11)9(2)13/h5-9H,4,13H2,1-3H3,(H,14,16). The molecule has 2 amide bonds. The lowest BCUT2D eigenvalue weighted by Gasteiger charge is -2.18. The highest BCUT2D eigenvalue weighted by Gasteiger charge is 2.10. The van der Waals surface area contributed by atoms with Crippen molar-refractivity contribution in [3.05, 3.63) is 29.8 Å². The second kappa shape index (κ2) is 5.51. The van der Waals surface area contributed by atoms with Crippen LogP contribution in [0.3, 0.4) is 0 Å². The molecule has 4 heteroatoms. The van der Waals surface area contributed by atoms with Gasteiger partial charge in [-0.05, 0) is 25.5 Å². The molecule has 4 nitrogen and oxygen atoms in total. The van der Waals surface area contributed by atoms with Crippen molar-refractivity contribution in [2.45, 2.75) is 19.9 Å². The van der Waals surface area contributed by atoms with Gasteiger partial charge in [0.1, 0.15) is 0 Å². The van der Waals surface area contributed by atoms with E-state index in [0.29, 0.717) is 6.54 Å². The van der Waals surface area contributed by atoms with Crippen LogP contribution in [0.25, 0.3) is 0 Å². The van der Waals surface area contributed by atoms with Gasteiger partial charge in [0.05, 0.1) is 0 Å². The lowest BCUT2D eigenvalue weighted by atomic mass is 10.1. The maximum Gasteiger partial charge on any atom is 0.321 e. The van der Waals surface area contributed by atoms with E-state index in [9.17, 15) is 4.79 Å². The van der Waals surface area contributed by atoms with Crippen LogP contribution in [0.2, 0.25) is 0 Å². The van der Waals surface area contributed by atoms with Gasteiger partial charge in [-0.15, -0.1) is 0 Å². The molecule has 0 aliphatic heterocycles. The van der Waals surface area contributed by atoms with E-state index in [1.165, 1.54) is 0 Å². The van der Waals surface area contributed by atoms with Gasteiger partial charge >= 0.3 is 6.03 Å². The molecule has 0 saturated heterocycles. The van der Waals surface area contributed by atoms with Gasteiger partial charge in [0, 0.05) is 25.3 Å². The number of nitrogens with two attached hydrogens (primary N) is 1. The number of benzene rings is 1. The van der Waals surface area contributed by atoms with Crippen LogP contribution in [0.5, 0.6) is 0 Å². The van der Waals surface area contributed by atoms with Crippen LogP contribution in [-0.2, 0) is 0 Å². The van der Waals surface area contributed by atoms with E-state index in [-0.39, 0.29) is 12.1 Å².